The molecule has 0 fully saturated rings. The third-order valence-electron chi connectivity index (χ3n) is 5.29. The van der Waals surface area contributed by atoms with Gasteiger partial charge in [0.1, 0.15) is 11.9 Å². The Bertz CT molecular complexity index is 1060. The smallest absolute Gasteiger partial charge is 0.416 e. The molecule has 1 atom stereocenters. The number of hydrogen-bond donors (Lipinski definition) is 1. The molecule has 1 amide bonds. The van der Waals surface area contributed by atoms with Crippen molar-refractivity contribution in [3.63, 3.8) is 0 Å². The van der Waals surface area contributed by atoms with Gasteiger partial charge in [-0.05, 0) is 85.3 Å². The van der Waals surface area contributed by atoms with Gasteiger partial charge in [0.15, 0.2) is 0 Å². The van der Waals surface area contributed by atoms with Crippen LogP contribution in [0.4, 0.5) is 13.2 Å². The lowest BCUT2D eigenvalue weighted by atomic mass is 9.94. The zero-order chi connectivity index (χ0) is 23.5. The first kappa shape index (κ1) is 23.9. The Morgan fingerprint density at radius 3 is 2.19 bits per heavy atom. The summed E-state index contributed by atoms with van der Waals surface area (Å²) in [6.45, 7) is 5.95. The number of primary amides is 1. The van der Waals surface area contributed by atoms with E-state index in [1.165, 1.54) is 23.5 Å². The first-order valence-corrected chi connectivity index (χ1v) is 11.3. The molecule has 0 saturated heterocycles. The van der Waals surface area contributed by atoms with E-state index in [9.17, 15) is 18.0 Å². The zero-order valence-electron chi connectivity index (χ0n) is 18.3. The van der Waals surface area contributed by atoms with Crippen LogP contribution in [-0.2, 0) is 6.18 Å². The molecule has 2 N–H and O–H groups in total. The largest absolute Gasteiger partial charge is 0.485 e. The predicted molar refractivity (Wildman–Crippen MR) is 122 cm³/mol. The van der Waals surface area contributed by atoms with E-state index in [1.54, 1.807) is 6.07 Å². The molecule has 1 unspecified atom stereocenters. The van der Waals surface area contributed by atoms with Gasteiger partial charge >= 0.3 is 6.18 Å². The van der Waals surface area contributed by atoms with Crippen molar-refractivity contribution in [2.75, 3.05) is 0 Å². The number of alkyl halides is 3. The van der Waals surface area contributed by atoms with Gasteiger partial charge in [0.2, 0.25) is 0 Å². The highest BCUT2D eigenvalue weighted by Crippen LogP contribution is 2.37. The second-order valence-electron chi connectivity index (χ2n) is 7.82. The van der Waals surface area contributed by atoms with Crippen molar-refractivity contribution < 1.29 is 22.7 Å². The second kappa shape index (κ2) is 9.77. The number of hydrogen-bond acceptors (Lipinski definition) is 3. The number of aryl methyl sites for hydroxylation is 2. The number of carbonyl (C=O) groups is 1. The number of ether oxygens (including phenoxy) is 1. The van der Waals surface area contributed by atoms with Crippen molar-refractivity contribution in [3.8, 4) is 16.9 Å². The van der Waals surface area contributed by atoms with Crippen molar-refractivity contribution in [3.05, 3.63) is 75.0 Å². The van der Waals surface area contributed by atoms with Crippen molar-refractivity contribution >= 4 is 17.2 Å². The van der Waals surface area contributed by atoms with E-state index in [0.717, 1.165) is 58.5 Å². The fraction of sp³-hybridized carbons (Fsp3) is 0.320. The molecule has 170 valence electrons. The highest BCUT2D eigenvalue weighted by Gasteiger charge is 2.30. The molecule has 3 rings (SSSR count). The molecule has 7 heteroatoms. The van der Waals surface area contributed by atoms with E-state index >= 15 is 0 Å². The fourth-order valence-electron chi connectivity index (χ4n) is 3.74. The van der Waals surface area contributed by atoms with Crippen LogP contribution in [-0.4, -0.2) is 5.91 Å². The number of nitrogens with two attached hydrogens (primary N) is 1. The quantitative estimate of drug-likeness (QED) is 0.378. The van der Waals surface area contributed by atoms with Gasteiger partial charge in [-0.1, -0.05) is 25.5 Å². The summed E-state index contributed by atoms with van der Waals surface area (Å²) in [6, 6.07) is 12.6. The number of halogens is 3. The van der Waals surface area contributed by atoms with E-state index in [-0.39, 0.29) is 6.10 Å². The molecule has 2 aromatic carbocycles. The number of benzene rings is 2. The van der Waals surface area contributed by atoms with E-state index in [4.69, 9.17) is 10.5 Å². The Labute approximate surface area is 190 Å². The van der Waals surface area contributed by atoms with Crippen molar-refractivity contribution in [2.24, 2.45) is 5.73 Å². The van der Waals surface area contributed by atoms with E-state index < -0.39 is 17.6 Å². The Morgan fingerprint density at radius 1 is 1.06 bits per heavy atom. The van der Waals surface area contributed by atoms with Gasteiger partial charge in [-0.25, -0.2) is 0 Å². The van der Waals surface area contributed by atoms with E-state index in [0.29, 0.717) is 10.6 Å². The van der Waals surface area contributed by atoms with Crippen LogP contribution in [0.3, 0.4) is 0 Å². The van der Waals surface area contributed by atoms with Crippen LogP contribution < -0.4 is 10.5 Å². The van der Waals surface area contributed by atoms with Crippen LogP contribution in [0.2, 0.25) is 0 Å². The summed E-state index contributed by atoms with van der Waals surface area (Å²) < 4.78 is 45.0. The lowest BCUT2D eigenvalue weighted by Gasteiger charge is -2.20. The van der Waals surface area contributed by atoms with Gasteiger partial charge in [-0.3, -0.25) is 4.79 Å². The number of unbranched alkanes of at least 4 members (excludes halogenated alkanes) is 1. The van der Waals surface area contributed by atoms with E-state index in [1.807, 2.05) is 32.0 Å². The molecule has 1 aromatic heterocycles. The van der Waals surface area contributed by atoms with Crippen molar-refractivity contribution in [1.29, 1.82) is 0 Å². The topological polar surface area (TPSA) is 52.3 Å². The molecule has 3 aromatic rings. The van der Waals surface area contributed by atoms with Crippen LogP contribution in [0.1, 0.15) is 63.5 Å². The number of carbonyl (C=O) groups excluding carboxylic acids is 1. The highest BCUT2D eigenvalue weighted by molar-refractivity contribution is 7.14. The first-order chi connectivity index (χ1) is 15.1. The molecule has 0 aliphatic heterocycles. The summed E-state index contributed by atoms with van der Waals surface area (Å²) in [5.41, 5.74) is 8.18. The first-order valence-electron chi connectivity index (χ1n) is 10.4. The Balaban J connectivity index is 1.88. The van der Waals surface area contributed by atoms with Crippen molar-refractivity contribution in [2.45, 2.75) is 52.3 Å². The zero-order valence-corrected chi connectivity index (χ0v) is 19.1. The standard InChI is InChI=1S/C25H26F3NO2S/c1-4-5-6-20(21-11-12-22(32-21)24(29)30)31-19-13-15(2)23(16(3)14-19)17-7-9-18(10-8-17)25(26,27)28/h7-14,20H,4-6H2,1-3H3,(H2,29,30). The van der Waals surface area contributed by atoms with Gasteiger partial charge < -0.3 is 10.5 Å². The highest BCUT2D eigenvalue weighted by atomic mass is 32.1. The number of thiophene rings is 1. The third-order valence-corrected chi connectivity index (χ3v) is 6.48. The maximum absolute atomic E-state index is 12.9. The summed E-state index contributed by atoms with van der Waals surface area (Å²) in [6.07, 6.45) is -1.78. The Kier molecular flexibility index (Phi) is 7.29. The third kappa shape index (κ3) is 5.51. The molecular weight excluding hydrogens is 435 g/mol. The summed E-state index contributed by atoms with van der Waals surface area (Å²) in [7, 11) is 0. The SMILES string of the molecule is CCCCC(Oc1cc(C)c(-c2ccc(C(F)(F)F)cc2)c(C)c1)c1ccc(C(N)=O)s1. The van der Waals surface area contributed by atoms with Crippen molar-refractivity contribution in [1.82, 2.24) is 0 Å². The summed E-state index contributed by atoms with van der Waals surface area (Å²) in [4.78, 5) is 12.9. The summed E-state index contributed by atoms with van der Waals surface area (Å²) in [5, 5.41) is 0. The average molecular weight is 462 g/mol. The summed E-state index contributed by atoms with van der Waals surface area (Å²) >= 11 is 1.34. The van der Waals surface area contributed by atoms with Crippen LogP contribution in [0.5, 0.6) is 5.75 Å². The number of rotatable bonds is 8. The lowest BCUT2D eigenvalue weighted by molar-refractivity contribution is -0.137. The maximum Gasteiger partial charge on any atom is 0.416 e. The molecule has 0 saturated carbocycles. The average Bonchev–Trinajstić information content (AvgIpc) is 3.21. The molecule has 0 radical (unpaired) electrons. The monoisotopic (exact) mass is 461 g/mol. The Morgan fingerprint density at radius 2 is 1.69 bits per heavy atom. The molecular formula is C25H26F3NO2S. The van der Waals surface area contributed by atoms with E-state index in [2.05, 4.69) is 6.92 Å². The van der Waals surface area contributed by atoms with Crippen LogP contribution >= 0.6 is 11.3 Å². The van der Waals surface area contributed by atoms with Gasteiger partial charge in [0.05, 0.1) is 10.4 Å². The molecule has 0 aliphatic rings. The molecule has 32 heavy (non-hydrogen) atoms. The van der Waals surface area contributed by atoms with Crippen LogP contribution in [0.15, 0.2) is 48.5 Å². The van der Waals surface area contributed by atoms with Crippen LogP contribution in [0.25, 0.3) is 11.1 Å². The second-order valence-corrected chi connectivity index (χ2v) is 8.94. The van der Waals surface area contributed by atoms with Crippen LogP contribution in [0, 0.1) is 13.8 Å². The minimum atomic E-state index is -4.36. The molecule has 1 heterocycles. The Hall–Kier alpha value is -2.80. The normalized spacial score (nSPS) is 12.6. The predicted octanol–water partition coefficient (Wildman–Crippen LogP) is 7.46. The molecule has 0 bridgehead atoms. The lowest BCUT2D eigenvalue weighted by Crippen LogP contribution is -2.09. The van der Waals surface area contributed by atoms with Gasteiger partial charge in [0.25, 0.3) is 5.91 Å². The molecule has 0 spiro atoms. The van der Waals surface area contributed by atoms with Gasteiger partial charge in [0, 0.05) is 4.88 Å². The molecule has 3 nitrogen and oxygen atoms in total. The summed E-state index contributed by atoms with van der Waals surface area (Å²) in [5.74, 6) is 0.230. The molecule has 0 aliphatic carbocycles. The maximum atomic E-state index is 12.9. The fourth-order valence-corrected chi connectivity index (χ4v) is 4.67. The minimum absolute atomic E-state index is 0.205. The number of amides is 1. The van der Waals surface area contributed by atoms with Gasteiger partial charge in [-0.2, -0.15) is 13.2 Å². The minimum Gasteiger partial charge on any atom is -0.485 e. The van der Waals surface area contributed by atoms with Gasteiger partial charge in [-0.15, -0.1) is 11.3 Å².